The number of rotatable bonds is 0. The zero-order valence-corrected chi connectivity index (χ0v) is 6.70. The molecule has 2 rings (SSSR count). The fraction of sp³-hybridized carbons (Fsp3) is 0.222. The molecule has 0 atom stereocenters. The summed E-state index contributed by atoms with van der Waals surface area (Å²) in [5.74, 6) is 0. The minimum absolute atomic E-state index is 1.08. The molecule has 0 radical (unpaired) electrons. The average molecular weight is 146 g/mol. The lowest BCUT2D eigenvalue weighted by atomic mass is 10.1. The van der Waals surface area contributed by atoms with Crippen molar-refractivity contribution in [3.63, 3.8) is 0 Å². The van der Waals surface area contributed by atoms with Gasteiger partial charge in [-0.2, -0.15) is 0 Å². The lowest BCUT2D eigenvalue weighted by Gasteiger charge is -2.01. The van der Waals surface area contributed by atoms with E-state index in [2.05, 4.69) is 18.1 Å². The molecule has 0 aromatic heterocycles. The topological polar surface area (TPSA) is 17.8 Å². The van der Waals surface area contributed by atoms with Crippen molar-refractivity contribution in [3.8, 4) is 11.3 Å². The van der Waals surface area contributed by atoms with Gasteiger partial charge in [0.2, 0.25) is 0 Å². The van der Waals surface area contributed by atoms with Gasteiger partial charge in [-0.1, -0.05) is 0 Å². The van der Waals surface area contributed by atoms with E-state index in [-0.39, 0.29) is 0 Å². The summed E-state index contributed by atoms with van der Waals surface area (Å²) in [5, 5.41) is 0. The second-order valence-electron chi connectivity index (χ2n) is 2.85. The number of hydrogen-bond acceptors (Lipinski definition) is 1. The first-order valence-electron chi connectivity index (χ1n) is 3.64. The van der Waals surface area contributed by atoms with E-state index in [9.17, 15) is 0 Å². The monoisotopic (exact) mass is 146 g/mol. The van der Waals surface area contributed by atoms with Gasteiger partial charge in [0, 0.05) is 31.2 Å². The highest BCUT2D eigenvalue weighted by Crippen LogP contribution is 2.22. The van der Waals surface area contributed by atoms with E-state index in [4.69, 9.17) is 0 Å². The van der Waals surface area contributed by atoms with E-state index >= 15 is 0 Å². The van der Waals surface area contributed by atoms with Crippen molar-refractivity contribution in [1.29, 1.82) is 0 Å². The molecule has 0 aromatic rings. The Morgan fingerprint density at radius 3 is 3.09 bits per heavy atom. The molecule has 0 saturated heterocycles. The summed E-state index contributed by atoms with van der Waals surface area (Å²) in [6.07, 6.45) is 6.01. The fourth-order valence-corrected chi connectivity index (χ4v) is 1.24. The summed E-state index contributed by atoms with van der Waals surface area (Å²) in [6, 6.07) is 2.03. The van der Waals surface area contributed by atoms with Crippen molar-refractivity contribution in [2.45, 2.75) is 6.92 Å². The van der Waals surface area contributed by atoms with Crippen molar-refractivity contribution >= 4 is 0 Å². The third-order valence-corrected chi connectivity index (χ3v) is 1.90. The zero-order chi connectivity index (χ0) is 7.84. The minimum Gasteiger partial charge on any atom is -0.357 e. The maximum atomic E-state index is 4.25. The van der Waals surface area contributed by atoms with Crippen LogP contribution in [0.15, 0.2) is 24.7 Å². The van der Waals surface area contributed by atoms with Crippen molar-refractivity contribution in [2.75, 3.05) is 0 Å². The van der Waals surface area contributed by atoms with Crippen molar-refractivity contribution in [3.05, 3.63) is 30.2 Å². The normalized spacial score (nSPS) is 10.7. The van der Waals surface area contributed by atoms with E-state index in [1.807, 2.05) is 30.1 Å². The van der Waals surface area contributed by atoms with Crippen LogP contribution in [0.5, 0.6) is 0 Å². The van der Waals surface area contributed by atoms with Gasteiger partial charge in [-0.25, -0.2) is 0 Å². The second kappa shape index (κ2) is 2.09. The highest BCUT2D eigenvalue weighted by Gasteiger charge is 2.05. The Morgan fingerprint density at radius 1 is 1.45 bits per heavy atom. The Labute approximate surface area is 65.8 Å². The van der Waals surface area contributed by atoms with Crippen molar-refractivity contribution in [2.24, 2.45) is 7.05 Å². The predicted octanol–water partition coefficient (Wildman–Crippen LogP) is 1.83. The summed E-state index contributed by atoms with van der Waals surface area (Å²) in [6.45, 7) is 2.08. The van der Waals surface area contributed by atoms with E-state index in [1.54, 1.807) is 0 Å². The van der Waals surface area contributed by atoms with Crippen LogP contribution in [0.3, 0.4) is 0 Å². The van der Waals surface area contributed by atoms with Crippen LogP contribution in [-0.2, 0) is 7.05 Å². The third kappa shape index (κ3) is 0.909. The molecule has 0 N–H and O–H groups in total. The molecule has 0 aliphatic carbocycles. The number of hydrogen-bond donors (Lipinski definition) is 0. The lowest BCUT2D eigenvalue weighted by Crippen LogP contribution is -1.90. The molecule has 2 heterocycles. The van der Waals surface area contributed by atoms with Gasteiger partial charge >= 0.3 is 0 Å². The van der Waals surface area contributed by atoms with Crippen LogP contribution in [0.4, 0.5) is 0 Å². The standard InChI is InChI=1S/C9H10N2/c1-7-5-10-9-3-4-11(2)6-8(7)9/h3-6H,1-2H3. The molecule has 2 nitrogen and oxygen atoms in total. The highest BCUT2D eigenvalue weighted by molar-refractivity contribution is 5.64. The highest BCUT2D eigenvalue weighted by atomic mass is 14.9. The first kappa shape index (κ1) is 6.40. The molecule has 2 aliphatic heterocycles. The van der Waals surface area contributed by atoms with E-state index in [1.165, 1.54) is 11.1 Å². The van der Waals surface area contributed by atoms with Gasteiger partial charge in [-0.05, 0) is 18.6 Å². The number of fused-ring (bicyclic) bond motifs is 1. The largest absolute Gasteiger partial charge is 0.357 e. The SMILES string of the molecule is Cc1cnc2ccn(C)cc1-2. The molecule has 0 saturated carbocycles. The molecule has 56 valence electrons. The maximum Gasteiger partial charge on any atom is 0.0734 e. The molecular weight excluding hydrogens is 136 g/mol. The predicted molar refractivity (Wildman–Crippen MR) is 44.6 cm³/mol. The smallest absolute Gasteiger partial charge is 0.0734 e. The van der Waals surface area contributed by atoms with Gasteiger partial charge in [0.25, 0.3) is 0 Å². The Morgan fingerprint density at radius 2 is 2.27 bits per heavy atom. The maximum absolute atomic E-state index is 4.25. The van der Waals surface area contributed by atoms with Crippen LogP contribution < -0.4 is 0 Å². The average Bonchev–Trinajstić information content (AvgIpc) is 2.33. The van der Waals surface area contributed by atoms with Gasteiger partial charge in [-0.15, -0.1) is 0 Å². The minimum atomic E-state index is 1.08. The Balaban J connectivity index is 2.76. The Bertz CT molecular complexity index is 349. The second-order valence-corrected chi connectivity index (χ2v) is 2.85. The Hall–Kier alpha value is -1.31. The van der Waals surface area contributed by atoms with Crippen LogP contribution in [0.1, 0.15) is 5.56 Å². The molecule has 11 heavy (non-hydrogen) atoms. The van der Waals surface area contributed by atoms with Crippen LogP contribution >= 0.6 is 0 Å². The molecule has 0 amide bonds. The number of pyridine rings is 1. The molecule has 0 spiro atoms. The number of aryl methyl sites for hydroxylation is 2. The van der Waals surface area contributed by atoms with Gasteiger partial charge in [-0.3, -0.25) is 4.98 Å². The number of aromatic nitrogens is 2. The van der Waals surface area contributed by atoms with Gasteiger partial charge in [0.05, 0.1) is 5.69 Å². The van der Waals surface area contributed by atoms with E-state index < -0.39 is 0 Å². The lowest BCUT2D eigenvalue weighted by molar-refractivity contribution is 0.904. The van der Waals surface area contributed by atoms with Crippen molar-refractivity contribution in [1.82, 2.24) is 9.55 Å². The molecule has 2 aliphatic rings. The zero-order valence-electron chi connectivity index (χ0n) is 6.70. The first-order chi connectivity index (χ1) is 5.27. The fourth-order valence-electron chi connectivity index (χ4n) is 1.24. The third-order valence-electron chi connectivity index (χ3n) is 1.90. The summed E-state index contributed by atoms with van der Waals surface area (Å²) in [4.78, 5) is 4.25. The van der Waals surface area contributed by atoms with E-state index in [0.29, 0.717) is 0 Å². The van der Waals surface area contributed by atoms with Crippen LogP contribution in [0.25, 0.3) is 11.3 Å². The molecule has 0 bridgehead atoms. The first-order valence-corrected chi connectivity index (χ1v) is 3.64. The van der Waals surface area contributed by atoms with Crippen LogP contribution in [-0.4, -0.2) is 9.55 Å². The van der Waals surface area contributed by atoms with Crippen molar-refractivity contribution < 1.29 is 0 Å². The molecule has 0 aromatic carbocycles. The molecular formula is C9H10N2. The summed E-state index contributed by atoms with van der Waals surface area (Å²) < 4.78 is 2.04. The van der Waals surface area contributed by atoms with Gasteiger partial charge < -0.3 is 4.57 Å². The molecule has 2 heteroatoms. The van der Waals surface area contributed by atoms with Gasteiger partial charge in [0.15, 0.2) is 0 Å². The summed E-state index contributed by atoms with van der Waals surface area (Å²) in [5.41, 5.74) is 3.58. The van der Waals surface area contributed by atoms with E-state index in [0.717, 1.165) is 5.69 Å². The van der Waals surface area contributed by atoms with Crippen LogP contribution in [0.2, 0.25) is 0 Å². The van der Waals surface area contributed by atoms with Crippen LogP contribution in [0, 0.1) is 6.92 Å². The molecule has 0 fully saturated rings. The quantitative estimate of drug-likeness (QED) is 0.554. The molecule has 0 unspecified atom stereocenters. The van der Waals surface area contributed by atoms with Gasteiger partial charge in [0.1, 0.15) is 0 Å². The summed E-state index contributed by atoms with van der Waals surface area (Å²) >= 11 is 0. The Kier molecular flexibility index (Phi) is 1.22. The number of nitrogens with zero attached hydrogens (tertiary/aromatic N) is 2. The summed E-state index contributed by atoms with van der Waals surface area (Å²) in [7, 11) is 2.02.